The maximum Gasteiger partial charge on any atom is 0.258 e. The van der Waals surface area contributed by atoms with Gasteiger partial charge in [0.05, 0.1) is 20.3 Å². The highest BCUT2D eigenvalue weighted by Crippen LogP contribution is 2.18. The Morgan fingerprint density at radius 3 is 1.85 bits per heavy atom. The predicted molar refractivity (Wildman–Crippen MR) is 99.2 cm³/mol. The first-order chi connectivity index (χ1) is 12.7. The van der Waals surface area contributed by atoms with Gasteiger partial charge in [-0.05, 0) is 55.0 Å². The smallest absolute Gasteiger partial charge is 0.258 e. The van der Waals surface area contributed by atoms with Crippen molar-refractivity contribution in [1.29, 1.82) is 0 Å². The van der Waals surface area contributed by atoms with Crippen LogP contribution >= 0.6 is 0 Å². The van der Waals surface area contributed by atoms with E-state index in [2.05, 4.69) is 12.2 Å². The molecule has 0 bridgehead atoms. The highest BCUT2D eigenvalue weighted by molar-refractivity contribution is 5.77. The Bertz CT molecular complexity index is 655. The minimum absolute atomic E-state index is 0.0439. The van der Waals surface area contributed by atoms with Gasteiger partial charge in [-0.25, -0.2) is 0 Å². The van der Waals surface area contributed by atoms with Crippen molar-refractivity contribution in [3.63, 3.8) is 0 Å². The topological polar surface area (TPSA) is 66.0 Å². The van der Waals surface area contributed by atoms with E-state index in [1.165, 1.54) is 0 Å². The van der Waals surface area contributed by atoms with E-state index < -0.39 is 0 Å². The molecule has 0 unspecified atom stereocenters. The molecule has 0 aliphatic carbocycles. The Morgan fingerprint density at radius 2 is 1.31 bits per heavy atom. The molecule has 2 aromatic carbocycles. The molecule has 0 radical (unpaired) electrons. The van der Waals surface area contributed by atoms with Crippen LogP contribution in [0.5, 0.6) is 23.0 Å². The number of hydrogen-bond acceptors (Lipinski definition) is 5. The number of carbonyl (C=O) groups is 1. The van der Waals surface area contributed by atoms with E-state index in [1.807, 2.05) is 36.4 Å². The van der Waals surface area contributed by atoms with Crippen LogP contribution in [0.4, 0.5) is 0 Å². The van der Waals surface area contributed by atoms with Crippen LogP contribution in [0.1, 0.15) is 13.3 Å². The molecule has 0 saturated carbocycles. The minimum atomic E-state index is -0.199. The maximum absolute atomic E-state index is 11.8. The zero-order chi connectivity index (χ0) is 18.6. The SMILES string of the molecule is CCCOc1ccc(OCC(=O)NCCOc2ccc(OC)cc2)cc1. The summed E-state index contributed by atoms with van der Waals surface area (Å²) in [7, 11) is 1.61. The second-order valence-corrected chi connectivity index (χ2v) is 5.48. The highest BCUT2D eigenvalue weighted by Gasteiger charge is 2.03. The van der Waals surface area contributed by atoms with Crippen LogP contribution in [0.2, 0.25) is 0 Å². The summed E-state index contributed by atoms with van der Waals surface area (Å²) in [4.78, 5) is 11.8. The zero-order valence-corrected chi connectivity index (χ0v) is 15.2. The molecular weight excluding hydrogens is 334 g/mol. The molecule has 0 saturated heterocycles. The van der Waals surface area contributed by atoms with Crippen LogP contribution in [-0.4, -0.2) is 39.4 Å². The normalized spacial score (nSPS) is 10.1. The van der Waals surface area contributed by atoms with Gasteiger partial charge in [-0.1, -0.05) is 6.92 Å². The van der Waals surface area contributed by atoms with Crippen molar-refractivity contribution >= 4 is 5.91 Å². The van der Waals surface area contributed by atoms with Crippen molar-refractivity contribution in [2.24, 2.45) is 0 Å². The van der Waals surface area contributed by atoms with E-state index in [9.17, 15) is 4.79 Å². The van der Waals surface area contributed by atoms with Gasteiger partial charge >= 0.3 is 0 Å². The molecule has 140 valence electrons. The van der Waals surface area contributed by atoms with Gasteiger partial charge in [0.15, 0.2) is 6.61 Å². The molecule has 26 heavy (non-hydrogen) atoms. The van der Waals surface area contributed by atoms with Gasteiger partial charge in [0.2, 0.25) is 0 Å². The van der Waals surface area contributed by atoms with Gasteiger partial charge in [-0.15, -0.1) is 0 Å². The second-order valence-electron chi connectivity index (χ2n) is 5.48. The summed E-state index contributed by atoms with van der Waals surface area (Å²) in [6, 6.07) is 14.5. The van der Waals surface area contributed by atoms with Crippen LogP contribution in [0, 0.1) is 0 Å². The van der Waals surface area contributed by atoms with Crippen LogP contribution < -0.4 is 24.3 Å². The lowest BCUT2D eigenvalue weighted by molar-refractivity contribution is -0.123. The van der Waals surface area contributed by atoms with Crippen LogP contribution in [0.15, 0.2) is 48.5 Å². The third kappa shape index (κ3) is 6.93. The Hall–Kier alpha value is -2.89. The summed E-state index contributed by atoms with van der Waals surface area (Å²) >= 11 is 0. The zero-order valence-electron chi connectivity index (χ0n) is 15.2. The molecule has 2 aromatic rings. The van der Waals surface area contributed by atoms with E-state index in [1.54, 1.807) is 19.2 Å². The first-order valence-corrected chi connectivity index (χ1v) is 8.60. The Kier molecular flexibility index (Phi) is 8.12. The number of methoxy groups -OCH3 is 1. The number of carbonyl (C=O) groups excluding carboxylic acids is 1. The van der Waals surface area contributed by atoms with E-state index in [-0.39, 0.29) is 12.5 Å². The standard InChI is InChI=1S/C20H25NO5/c1-3-13-24-17-8-10-19(11-9-17)26-15-20(22)21-12-14-25-18-6-4-16(23-2)5-7-18/h4-11H,3,12-15H2,1-2H3,(H,21,22). The summed E-state index contributed by atoms with van der Waals surface area (Å²) < 4.78 is 21.6. The lowest BCUT2D eigenvalue weighted by Crippen LogP contribution is -2.32. The summed E-state index contributed by atoms with van der Waals surface area (Å²) in [6.07, 6.45) is 0.959. The third-order valence-corrected chi connectivity index (χ3v) is 3.42. The van der Waals surface area contributed by atoms with E-state index >= 15 is 0 Å². The lowest BCUT2D eigenvalue weighted by Gasteiger charge is -2.10. The molecule has 0 aliphatic heterocycles. The Morgan fingerprint density at radius 1 is 0.808 bits per heavy atom. The summed E-state index contributed by atoms with van der Waals surface area (Å²) in [5.41, 5.74) is 0. The molecule has 1 amide bonds. The molecule has 0 spiro atoms. The van der Waals surface area contributed by atoms with Crippen molar-refractivity contribution < 1.29 is 23.7 Å². The fourth-order valence-corrected chi connectivity index (χ4v) is 2.08. The van der Waals surface area contributed by atoms with Crippen molar-refractivity contribution in [2.45, 2.75) is 13.3 Å². The third-order valence-electron chi connectivity index (χ3n) is 3.42. The van der Waals surface area contributed by atoms with Crippen molar-refractivity contribution in [3.05, 3.63) is 48.5 Å². The molecule has 6 nitrogen and oxygen atoms in total. The van der Waals surface area contributed by atoms with E-state index in [4.69, 9.17) is 18.9 Å². The quantitative estimate of drug-likeness (QED) is 0.625. The van der Waals surface area contributed by atoms with Crippen LogP contribution in [0.25, 0.3) is 0 Å². The first kappa shape index (κ1) is 19.4. The average Bonchev–Trinajstić information content (AvgIpc) is 2.69. The fraction of sp³-hybridized carbons (Fsp3) is 0.350. The molecule has 0 atom stereocenters. The largest absolute Gasteiger partial charge is 0.497 e. The van der Waals surface area contributed by atoms with Gasteiger partial charge in [-0.3, -0.25) is 4.79 Å². The van der Waals surface area contributed by atoms with Gasteiger partial charge in [0, 0.05) is 0 Å². The summed E-state index contributed by atoms with van der Waals surface area (Å²) in [5, 5.41) is 2.75. The fourth-order valence-electron chi connectivity index (χ4n) is 2.08. The van der Waals surface area contributed by atoms with Crippen LogP contribution in [0.3, 0.4) is 0 Å². The maximum atomic E-state index is 11.8. The number of hydrogen-bond donors (Lipinski definition) is 1. The number of amides is 1. The van der Waals surface area contributed by atoms with Gasteiger partial charge < -0.3 is 24.3 Å². The lowest BCUT2D eigenvalue weighted by atomic mass is 10.3. The number of nitrogens with one attached hydrogen (secondary N) is 1. The number of rotatable bonds is 11. The van der Waals surface area contributed by atoms with Crippen molar-refractivity contribution in [3.8, 4) is 23.0 Å². The molecule has 1 N–H and O–H groups in total. The number of benzene rings is 2. The van der Waals surface area contributed by atoms with E-state index in [0.29, 0.717) is 25.5 Å². The minimum Gasteiger partial charge on any atom is -0.497 e. The molecule has 0 fully saturated rings. The Balaban J connectivity index is 1.61. The van der Waals surface area contributed by atoms with Gasteiger partial charge in [0.1, 0.15) is 29.6 Å². The molecule has 2 rings (SSSR count). The molecule has 0 aliphatic rings. The Labute approximate surface area is 154 Å². The molecule has 0 heterocycles. The predicted octanol–water partition coefficient (Wildman–Crippen LogP) is 3.06. The summed E-state index contributed by atoms with van der Waals surface area (Å²) in [5.74, 6) is 2.71. The number of ether oxygens (including phenoxy) is 4. The second kappa shape index (κ2) is 10.9. The van der Waals surface area contributed by atoms with Gasteiger partial charge in [0.25, 0.3) is 5.91 Å². The first-order valence-electron chi connectivity index (χ1n) is 8.60. The monoisotopic (exact) mass is 359 g/mol. The van der Waals surface area contributed by atoms with Gasteiger partial charge in [-0.2, -0.15) is 0 Å². The average molecular weight is 359 g/mol. The molecule has 6 heteroatoms. The summed E-state index contributed by atoms with van der Waals surface area (Å²) in [6.45, 7) is 3.47. The highest BCUT2D eigenvalue weighted by atomic mass is 16.5. The van der Waals surface area contributed by atoms with Crippen molar-refractivity contribution in [1.82, 2.24) is 5.32 Å². The van der Waals surface area contributed by atoms with Crippen molar-refractivity contribution in [2.75, 3.05) is 33.5 Å². The molecular formula is C20H25NO5. The van der Waals surface area contributed by atoms with Crippen LogP contribution in [-0.2, 0) is 4.79 Å². The van der Waals surface area contributed by atoms with E-state index in [0.717, 1.165) is 23.7 Å². The molecule has 0 aromatic heterocycles.